The van der Waals surface area contributed by atoms with E-state index in [1.807, 2.05) is 12.1 Å². The zero-order valence-corrected chi connectivity index (χ0v) is 18.3. The fourth-order valence-electron chi connectivity index (χ4n) is 2.74. The number of esters is 2. The number of carbonyl (C=O) groups is 2. The van der Waals surface area contributed by atoms with Crippen molar-refractivity contribution in [2.24, 2.45) is 0 Å². The summed E-state index contributed by atoms with van der Waals surface area (Å²) in [5.41, 5.74) is 2.08. The largest absolute Gasteiger partial charge is 0.493 e. The Morgan fingerprint density at radius 1 is 0.906 bits per heavy atom. The molecule has 0 aliphatic heterocycles. The summed E-state index contributed by atoms with van der Waals surface area (Å²) in [6.45, 7) is 0.365. The molecule has 32 heavy (non-hydrogen) atoms. The molecule has 0 spiro atoms. The van der Waals surface area contributed by atoms with Crippen molar-refractivity contribution in [1.82, 2.24) is 0 Å². The topological polar surface area (TPSA) is 71.1 Å². The van der Waals surface area contributed by atoms with Crippen LogP contribution in [-0.2, 0) is 16.1 Å². The van der Waals surface area contributed by atoms with Gasteiger partial charge < -0.3 is 18.9 Å². The third kappa shape index (κ3) is 6.36. The summed E-state index contributed by atoms with van der Waals surface area (Å²) in [7, 11) is 2.85. The van der Waals surface area contributed by atoms with Gasteiger partial charge in [-0.2, -0.15) is 0 Å². The van der Waals surface area contributed by atoms with Crippen LogP contribution in [-0.4, -0.2) is 26.2 Å². The van der Waals surface area contributed by atoms with Crippen molar-refractivity contribution < 1.29 is 28.5 Å². The first kappa shape index (κ1) is 22.9. The molecule has 0 N–H and O–H groups in total. The van der Waals surface area contributed by atoms with Gasteiger partial charge in [-0.3, -0.25) is 0 Å². The average Bonchev–Trinajstić information content (AvgIpc) is 2.82. The Morgan fingerprint density at radius 2 is 1.62 bits per heavy atom. The lowest BCUT2D eigenvalue weighted by Crippen LogP contribution is -2.05. The highest BCUT2D eigenvalue weighted by Gasteiger charge is 2.08. The van der Waals surface area contributed by atoms with Gasteiger partial charge in [0, 0.05) is 11.1 Å². The summed E-state index contributed by atoms with van der Waals surface area (Å²) in [5.74, 6) is 0.409. The molecule has 0 radical (unpaired) electrons. The zero-order chi connectivity index (χ0) is 22.9. The highest BCUT2D eigenvalue weighted by atomic mass is 35.5. The minimum absolute atomic E-state index is 0.316. The number of hydrogen-bond acceptors (Lipinski definition) is 6. The number of halogens is 1. The molecule has 0 aliphatic carbocycles. The average molecular weight is 453 g/mol. The number of methoxy groups -OCH3 is 2. The first-order valence-electron chi connectivity index (χ1n) is 9.62. The molecular weight excluding hydrogens is 432 g/mol. The number of benzene rings is 3. The second-order valence-corrected chi connectivity index (χ2v) is 7.03. The van der Waals surface area contributed by atoms with Crippen LogP contribution in [0.4, 0.5) is 0 Å². The minimum atomic E-state index is -0.558. The predicted octanol–water partition coefficient (Wildman–Crippen LogP) is 5.33. The zero-order valence-electron chi connectivity index (χ0n) is 17.5. The molecule has 0 aliphatic rings. The molecule has 6 nitrogen and oxygen atoms in total. The van der Waals surface area contributed by atoms with Gasteiger partial charge in [0.15, 0.2) is 11.5 Å². The van der Waals surface area contributed by atoms with E-state index in [-0.39, 0.29) is 0 Å². The molecule has 0 saturated heterocycles. The monoisotopic (exact) mass is 452 g/mol. The van der Waals surface area contributed by atoms with Crippen LogP contribution >= 0.6 is 11.6 Å². The lowest BCUT2D eigenvalue weighted by atomic mass is 10.2. The standard InChI is InChI=1S/C25H21ClO6/c1-29-23-15-17(5-13-22(23)31-16-18-3-9-20(26)10-4-18)6-14-24(27)32-21-11-7-19(8-12-21)25(28)30-2/h3-15H,16H2,1-2H3/b14-6+. The van der Waals surface area contributed by atoms with Crippen LogP contribution in [0.15, 0.2) is 72.8 Å². The maximum Gasteiger partial charge on any atom is 0.337 e. The van der Waals surface area contributed by atoms with Gasteiger partial charge >= 0.3 is 11.9 Å². The molecule has 3 rings (SSSR count). The van der Waals surface area contributed by atoms with Gasteiger partial charge in [-0.05, 0) is 65.7 Å². The Hall–Kier alpha value is -3.77. The van der Waals surface area contributed by atoms with Crippen LogP contribution in [0.1, 0.15) is 21.5 Å². The molecule has 0 bridgehead atoms. The van der Waals surface area contributed by atoms with Crippen LogP contribution in [0.3, 0.4) is 0 Å². The van der Waals surface area contributed by atoms with Gasteiger partial charge in [0.1, 0.15) is 12.4 Å². The van der Waals surface area contributed by atoms with Gasteiger partial charge in [0.25, 0.3) is 0 Å². The molecule has 3 aromatic rings. The normalized spacial score (nSPS) is 10.6. The van der Waals surface area contributed by atoms with Gasteiger partial charge in [-0.15, -0.1) is 0 Å². The van der Waals surface area contributed by atoms with E-state index < -0.39 is 11.9 Å². The number of carbonyl (C=O) groups excluding carboxylic acids is 2. The SMILES string of the molecule is COC(=O)c1ccc(OC(=O)/C=C/c2ccc(OCc3ccc(Cl)cc3)c(OC)c2)cc1. The second kappa shape index (κ2) is 11.0. The van der Waals surface area contributed by atoms with E-state index in [9.17, 15) is 9.59 Å². The number of ether oxygens (including phenoxy) is 4. The maximum atomic E-state index is 12.1. The van der Waals surface area contributed by atoms with Crippen molar-refractivity contribution in [1.29, 1.82) is 0 Å². The van der Waals surface area contributed by atoms with Crippen LogP contribution in [0.2, 0.25) is 5.02 Å². The van der Waals surface area contributed by atoms with E-state index in [1.165, 1.54) is 37.5 Å². The summed E-state index contributed by atoms with van der Waals surface area (Å²) >= 11 is 5.90. The third-order valence-electron chi connectivity index (χ3n) is 4.40. The molecule has 0 heterocycles. The van der Waals surface area contributed by atoms with E-state index >= 15 is 0 Å². The molecule has 0 aromatic heterocycles. The molecule has 0 amide bonds. The van der Waals surface area contributed by atoms with Crippen molar-refractivity contribution >= 4 is 29.6 Å². The van der Waals surface area contributed by atoms with Gasteiger partial charge in [-0.1, -0.05) is 29.8 Å². The third-order valence-corrected chi connectivity index (χ3v) is 4.65. The lowest BCUT2D eigenvalue weighted by molar-refractivity contribution is -0.128. The van der Waals surface area contributed by atoms with Crippen molar-refractivity contribution in [3.63, 3.8) is 0 Å². The summed E-state index contributed by atoms with van der Waals surface area (Å²) in [4.78, 5) is 23.5. The van der Waals surface area contributed by atoms with Crippen molar-refractivity contribution in [3.05, 3.63) is 94.5 Å². The maximum absolute atomic E-state index is 12.1. The number of rotatable bonds is 8. The lowest BCUT2D eigenvalue weighted by Gasteiger charge is -2.11. The summed E-state index contributed by atoms with van der Waals surface area (Å²) < 4.78 is 21.1. The van der Waals surface area contributed by atoms with Crippen LogP contribution in [0.25, 0.3) is 6.08 Å². The quantitative estimate of drug-likeness (QED) is 0.261. The first-order valence-corrected chi connectivity index (χ1v) is 10.00. The van der Waals surface area contributed by atoms with Crippen LogP contribution in [0, 0.1) is 0 Å². The first-order chi connectivity index (χ1) is 15.5. The molecule has 164 valence electrons. The van der Waals surface area contributed by atoms with Crippen LogP contribution in [0.5, 0.6) is 17.2 Å². The Labute approximate surface area is 190 Å². The van der Waals surface area contributed by atoms with Crippen molar-refractivity contribution in [3.8, 4) is 17.2 Å². The molecular formula is C25H21ClO6. The molecule has 0 unspecified atom stereocenters. The van der Waals surface area contributed by atoms with Gasteiger partial charge in [0.2, 0.25) is 0 Å². The Morgan fingerprint density at radius 3 is 2.28 bits per heavy atom. The summed E-state index contributed by atoms with van der Waals surface area (Å²) in [6.07, 6.45) is 2.91. The Balaban J connectivity index is 1.60. The molecule has 0 fully saturated rings. The van der Waals surface area contributed by atoms with Crippen molar-refractivity contribution in [2.75, 3.05) is 14.2 Å². The van der Waals surface area contributed by atoms with E-state index in [0.29, 0.717) is 34.4 Å². The Bertz CT molecular complexity index is 1100. The summed E-state index contributed by atoms with van der Waals surface area (Å²) in [5, 5.41) is 0.666. The predicted molar refractivity (Wildman–Crippen MR) is 121 cm³/mol. The van der Waals surface area contributed by atoms with Crippen molar-refractivity contribution in [2.45, 2.75) is 6.61 Å². The smallest absolute Gasteiger partial charge is 0.337 e. The molecule has 7 heteroatoms. The fourth-order valence-corrected chi connectivity index (χ4v) is 2.87. The van der Waals surface area contributed by atoms with Gasteiger partial charge in [0.05, 0.1) is 19.8 Å². The van der Waals surface area contributed by atoms with E-state index in [2.05, 4.69) is 4.74 Å². The number of hydrogen-bond donors (Lipinski definition) is 0. The van der Waals surface area contributed by atoms with E-state index in [4.69, 9.17) is 25.8 Å². The highest BCUT2D eigenvalue weighted by Crippen LogP contribution is 2.29. The molecule has 3 aromatic carbocycles. The molecule has 0 atom stereocenters. The fraction of sp³-hybridized carbons (Fsp3) is 0.120. The second-order valence-electron chi connectivity index (χ2n) is 6.60. The van der Waals surface area contributed by atoms with E-state index in [0.717, 1.165) is 11.1 Å². The molecule has 0 saturated carbocycles. The minimum Gasteiger partial charge on any atom is -0.493 e. The highest BCUT2D eigenvalue weighted by molar-refractivity contribution is 6.30. The summed E-state index contributed by atoms with van der Waals surface area (Å²) in [6, 6.07) is 18.8. The van der Waals surface area contributed by atoms with Crippen LogP contribution < -0.4 is 14.2 Å². The van der Waals surface area contributed by atoms with Gasteiger partial charge in [-0.25, -0.2) is 9.59 Å². The Kier molecular flexibility index (Phi) is 7.89. The van der Waals surface area contributed by atoms with E-state index in [1.54, 1.807) is 43.5 Å².